The van der Waals surface area contributed by atoms with Crippen LogP contribution in [-0.4, -0.2) is 38.7 Å². The topological polar surface area (TPSA) is 98.0 Å². The molecule has 0 aliphatic rings. The minimum atomic E-state index is -0.433. The molecule has 0 bridgehead atoms. The van der Waals surface area contributed by atoms with Gasteiger partial charge in [-0.15, -0.1) is 24.0 Å². The Hall–Kier alpha value is -2.49. The minimum Gasteiger partial charge on any atom is -0.497 e. The van der Waals surface area contributed by atoms with E-state index in [1.54, 1.807) is 26.3 Å². The van der Waals surface area contributed by atoms with Gasteiger partial charge in [-0.25, -0.2) is 0 Å². The van der Waals surface area contributed by atoms with Gasteiger partial charge in [0.25, 0.3) is 0 Å². The fourth-order valence-electron chi connectivity index (χ4n) is 2.38. The van der Waals surface area contributed by atoms with E-state index in [2.05, 4.69) is 15.6 Å². The van der Waals surface area contributed by atoms with Gasteiger partial charge in [0.15, 0.2) is 5.96 Å². The molecular formula is C20H27IN4O3. The number of nitrogens with zero attached hydrogens (tertiary/aromatic N) is 1. The van der Waals surface area contributed by atoms with E-state index in [9.17, 15) is 4.79 Å². The second-order valence-electron chi connectivity index (χ2n) is 5.98. The van der Waals surface area contributed by atoms with Crippen molar-refractivity contribution in [3.8, 4) is 11.5 Å². The summed E-state index contributed by atoms with van der Waals surface area (Å²) in [5.41, 5.74) is 6.75. The third-order valence-electron chi connectivity index (χ3n) is 3.86. The van der Waals surface area contributed by atoms with E-state index in [0.29, 0.717) is 24.6 Å². The molecule has 152 valence electrons. The minimum absolute atomic E-state index is 0. The van der Waals surface area contributed by atoms with Crippen LogP contribution in [0, 0.1) is 0 Å². The number of benzene rings is 2. The Kier molecular flexibility index (Phi) is 10.1. The van der Waals surface area contributed by atoms with Crippen LogP contribution in [0.4, 0.5) is 0 Å². The summed E-state index contributed by atoms with van der Waals surface area (Å²) in [6, 6.07) is 14.6. The molecule has 2 rings (SSSR count). The van der Waals surface area contributed by atoms with Crippen molar-refractivity contribution in [1.29, 1.82) is 0 Å². The molecule has 7 nitrogen and oxygen atoms in total. The number of hydrogen-bond donors (Lipinski definition) is 3. The van der Waals surface area contributed by atoms with E-state index in [1.807, 2.05) is 43.3 Å². The molecule has 0 saturated heterocycles. The number of carbonyl (C=O) groups excluding carboxylic acids is 1. The Balaban J connectivity index is 0.00000392. The highest BCUT2D eigenvalue weighted by atomic mass is 127. The van der Waals surface area contributed by atoms with Gasteiger partial charge in [0.1, 0.15) is 17.6 Å². The van der Waals surface area contributed by atoms with Crippen LogP contribution < -0.4 is 25.8 Å². The summed E-state index contributed by atoms with van der Waals surface area (Å²) >= 11 is 0. The van der Waals surface area contributed by atoms with Crippen molar-refractivity contribution >= 4 is 35.8 Å². The predicted molar refractivity (Wildman–Crippen MR) is 122 cm³/mol. The number of ether oxygens (including phenoxy) is 2. The van der Waals surface area contributed by atoms with Crippen LogP contribution in [0.3, 0.4) is 0 Å². The summed E-state index contributed by atoms with van der Waals surface area (Å²) in [6.07, 6.45) is -0.0643. The number of carbonyl (C=O) groups is 1. The number of halogens is 1. The molecule has 0 heterocycles. The lowest BCUT2D eigenvalue weighted by Gasteiger charge is -2.18. The molecule has 0 fully saturated rings. The predicted octanol–water partition coefficient (Wildman–Crippen LogP) is 2.54. The molecule has 1 amide bonds. The van der Waals surface area contributed by atoms with E-state index in [1.165, 1.54) is 0 Å². The van der Waals surface area contributed by atoms with Gasteiger partial charge < -0.3 is 25.8 Å². The number of guanidine groups is 1. The second-order valence-corrected chi connectivity index (χ2v) is 5.98. The first-order valence-electron chi connectivity index (χ1n) is 8.65. The Morgan fingerprint density at radius 1 is 1.14 bits per heavy atom. The van der Waals surface area contributed by atoms with Crippen molar-refractivity contribution in [2.45, 2.75) is 19.6 Å². The van der Waals surface area contributed by atoms with Gasteiger partial charge in [-0.3, -0.25) is 9.79 Å². The van der Waals surface area contributed by atoms with E-state index in [4.69, 9.17) is 15.2 Å². The number of amides is 1. The van der Waals surface area contributed by atoms with Crippen LogP contribution in [0.2, 0.25) is 0 Å². The molecule has 0 radical (unpaired) electrons. The molecule has 8 heteroatoms. The first-order valence-corrected chi connectivity index (χ1v) is 8.65. The van der Waals surface area contributed by atoms with Crippen LogP contribution in [0.1, 0.15) is 22.8 Å². The fraction of sp³-hybridized carbons (Fsp3) is 0.300. The Labute approximate surface area is 182 Å². The zero-order chi connectivity index (χ0) is 19.6. The number of aliphatic imine (C=N–C) groups is 1. The van der Waals surface area contributed by atoms with E-state index < -0.39 is 5.91 Å². The summed E-state index contributed by atoms with van der Waals surface area (Å²) in [5, 5.41) is 6.45. The molecule has 1 atom stereocenters. The lowest BCUT2D eigenvalue weighted by atomic mass is 10.1. The third-order valence-corrected chi connectivity index (χ3v) is 3.86. The Morgan fingerprint density at radius 3 is 2.43 bits per heavy atom. The highest BCUT2D eigenvalue weighted by Crippen LogP contribution is 2.19. The summed E-state index contributed by atoms with van der Waals surface area (Å²) in [6.45, 7) is 3.13. The Bertz CT molecular complexity index is 781. The van der Waals surface area contributed by atoms with Gasteiger partial charge >= 0.3 is 0 Å². The molecule has 4 N–H and O–H groups in total. The van der Waals surface area contributed by atoms with Gasteiger partial charge in [0.2, 0.25) is 5.91 Å². The molecule has 0 spiro atoms. The zero-order valence-corrected chi connectivity index (χ0v) is 18.6. The largest absolute Gasteiger partial charge is 0.497 e. The summed E-state index contributed by atoms with van der Waals surface area (Å²) in [7, 11) is 3.33. The van der Waals surface area contributed by atoms with Crippen molar-refractivity contribution in [2.75, 3.05) is 20.7 Å². The van der Waals surface area contributed by atoms with E-state index in [-0.39, 0.29) is 30.1 Å². The second kappa shape index (κ2) is 12.1. The number of primary amides is 1. The number of nitrogens with two attached hydrogens (primary N) is 1. The van der Waals surface area contributed by atoms with Crippen molar-refractivity contribution in [3.63, 3.8) is 0 Å². The van der Waals surface area contributed by atoms with Crippen LogP contribution in [0.15, 0.2) is 53.5 Å². The molecule has 0 saturated carbocycles. The lowest BCUT2D eigenvalue weighted by Crippen LogP contribution is -2.41. The maximum Gasteiger partial charge on any atom is 0.248 e. The van der Waals surface area contributed by atoms with Gasteiger partial charge in [-0.05, 0) is 36.8 Å². The van der Waals surface area contributed by atoms with Crippen LogP contribution in [0.5, 0.6) is 11.5 Å². The summed E-state index contributed by atoms with van der Waals surface area (Å²) < 4.78 is 11.1. The van der Waals surface area contributed by atoms with Crippen LogP contribution in [0.25, 0.3) is 0 Å². The molecule has 0 aliphatic carbocycles. The van der Waals surface area contributed by atoms with Crippen LogP contribution in [-0.2, 0) is 6.54 Å². The fourth-order valence-corrected chi connectivity index (χ4v) is 2.38. The number of methoxy groups -OCH3 is 1. The average molecular weight is 498 g/mol. The van der Waals surface area contributed by atoms with Crippen LogP contribution >= 0.6 is 24.0 Å². The normalized spacial score (nSPS) is 11.8. The van der Waals surface area contributed by atoms with Crippen molar-refractivity contribution < 1.29 is 14.3 Å². The maximum atomic E-state index is 11.1. The quantitative estimate of drug-likeness (QED) is 0.295. The molecule has 1 unspecified atom stereocenters. The molecule has 0 aliphatic heterocycles. The van der Waals surface area contributed by atoms with Gasteiger partial charge in [0, 0.05) is 25.2 Å². The van der Waals surface area contributed by atoms with Gasteiger partial charge in [0.05, 0.1) is 13.7 Å². The first-order chi connectivity index (χ1) is 13.0. The molecular weight excluding hydrogens is 471 g/mol. The van der Waals surface area contributed by atoms with Gasteiger partial charge in [-0.2, -0.15) is 0 Å². The highest BCUT2D eigenvalue weighted by Gasteiger charge is 2.07. The van der Waals surface area contributed by atoms with Crippen molar-refractivity contribution in [2.24, 2.45) is 10.7 Å². The van der Waals surface area contributed by atoms with Crippen molar-refractivity contribution in [1.82, 2.24) is 10.6 Å². The molecule has 2 aromatic carbocycles. The highest BCUT2D eigenvalue weighted by molar-refractivity contribution is 14.0. The zero-order valence-electron chi connectivity index (χ0n) is 16.3. The first kappa shape index (κ1) is 23.5. The lowest BCUT2D eigenvalue weighted by molar-refractivity contribution is 0.100. The standard InChI is InChI=1S/C20H26N4O3.HI/c1-14(27-18-6-4-5-17(11-18)26-3)12-23-20(22-2)24-13-15-7-9-16(10-8-15)19(21)25;/h4-11,14H,12-13H2,1-3H3,(H2,21,25)(H2,22,23,24);1H. The van der Waals surface area contributed by atoms with E-state index >= 15 is 0 Å². The third kappa shape index (κ3) is 7.63. The van der Waals surface area contributed by atoms with E-state index in [0.717, 1.165) is 17.1 Å². The van der Waals surface area contributed by atoms with Gasteiger partial charge in [-0.1, -0.05) is 18.2 Å². The number of nitrogens with one attached hydrogen (secondary N) is 2. The SMILES string of the molecule is CN=C(NCc1ccc(C(N)=O)cc1)NCC(C)Oc1cccc(OC)c1.I. The summed E-state index contributed by atoms with van der Waals surface area (Å²) in [5.74, 6) is 1.74. The number of hydrogen-bond acceptors (Lipinski definition) is 4. The Morgan fingerprint density at radius 2 is 1.82 bits per heavy atom. The molecule has 2 aromatic rings. The number of rotatable bonds is 8. The smallest absolute Gasteiger partial charge is 0.248 e. The maximum absolute atomic E-state index is 11.1. The van der Waals surface area contributed by atoms with Crippen molar-refractivity contribution in [3.05, 3.63) is 59.7 Å². The molecule has 0 aromatic heterocycles. The monoisotopic (exact) mass is 498 g/mol. The average Bonchev–Trinajstić information content (AvgIpc) is 2.68. The molecule has 28 heavy (non-hydrogen) atoms. The summed E-state index contributed by atoms with van der Waals surface area (Å²) in [4.78, 5) is 15.3.